The number of aryl methyl sites for hydroxylation is 1. The Kier molecular flexibility index (Phi) is 6.08. The number of amides is 3. The normalized spacial score (nSPS) is 19.0. The molecule has 1 atom stereocenters. The van der Waals surface area contributed by atoms with Crippen molar-refractivity contribution in [1.29, 1.82) is 0 Å². The van der Waals surface area contributed by atoms with Gasteiger partial charge in [-0.1, -0.05) is 37.3 Å². The first kappa shape index (κ1) is 20.5. The van der Waals surface area contributed by atoms with E-state index in [0.29, 0.717) is 25.9 Å². The SMILES string of the molecule is CCc1ccccc1NC(=O)C1CCN(C(=O)[C@H]2Sc3ccccc3NC2=O)CC1. The highest BCUT2D eigenvalue weighted by Crippen LogP contribution is 2.36. The largest absolute Gasteiger partial charge is 0.341 e. The Morgan fingerprint density at radius 2 is 1.80 bits per heavy atom. The van der Waals surface area contributed by atoms with Crippen molar-refractivity contribution in [2.45, 2.75) is 36.3 Å². The van der Waals surface area contributed by atoms with Gasteiger partial charge in [-0.05, 0) is 43.0 Å². The molecular weight excluding hydrogens is 398 g/mol. The molecule has 7 heteroatoms. The summed E-state index contributed by atoms with van der Waals surface area (Å²) in [4.78, 5) is 40.7. The Morgan fingerprint density at radius 3 is 2.57 bits per heavy atom. The quantitative estimate of drug-likeness (QED) is 0.738. The summed E-state index contributed by atoms with van der Waals surface area (Å²) in [7, 11) is 0. The lowest BCUT2D eigenvalue weighted by Crippen LogP contribution is -2.48. The van der Waals surface area contributed by atoms with Crippen LogP contribution in [0.1, 0.15) is 25.3 Å². The van der Waals surface area contributed by atoms with Crippen LogP contribution in [0, 0.1) is 5.92 Å². The third kappa shape index (κ3) is 4.21. The highest BCUT2D eigenvalue weighted by Gasteiger charge is 2.37. The molecule has 4 rings (SSSR count). The van der Waals surface area contributed by atoms with E-state index in [9.17, 15) is 14.4 Å². The van der Waals surface area contributed by atoms with Crippen LogP contribution >= 0.6 is 11.8 Å². The maximum Gasteiger partial charge on any atom is 0.247 e. The number of rotatable bonds is 4. The molecule has 2 aromatic carbocycles. The van der Waals surface area contributed by atoms with Crippen molar-refractivity contribution in [2.24, 2.45) is 5.92 Å². The van der Waals surface area contributed by atoms with Crippen molar-refractivity contribution in [3.8, 4) is 0 Å². The van der Waals surface area contributed by atoms with Gasteiger partial charge in [-0.3, -0.25) is 14.4 Å². The zero-order valence-electron chi connectivity index (χ0n) is 16.9. The summed E-state index contributed by atoms with van der Waals surface area (Å²) in [6, 6.07) is 15.3. The second-order valence-corrected chi connectivity index (χ2v) is 8.73. The van der Waals surface area contributed by atoms with E-state index < -0.39 is 5.25 Å². The number of hydrogen-bond acceptors (Lipinski definition) is 4. The standard InChI is InChI=1S/C23H25N3O3S/c1-2-15-7-3-4-8-17(15)24-21(27)16-11-13-26(14-12-16)23(29)20-22(28)25-18-9-5-6-10-19(18)30-20/h3-10,16,20H,2,11-14H2,1H3,(H,24,27)(H,25,28)/t20-/m0/s1. The molecule has 1 fully saturated rings. The Bertz CT molecular complexity index is 970. The number of carbonyl (C=O) groups is 3. The van der Waals surface area contributed by atoms with Crippen molar-refractivity contribution < 1.29 is 14.4 Å². The molecule has 2 N–H and O–H groups in total. The summed E-state index contributed by atoms with van der Waals surface area (Å²) in [6.45, 7) is 3.03. The highest BCUT2D eigenvalue weighted by atomic mass is 32.2. The van der Waals surface area contributed by atoms with Gasteiger partial charge in [0.1, 0.15) is 0 Å². The van der Waals surface area contributed by atoms with Crippen molar-refractivity contribution in [2.75, 3.05) is 23.7 Å². The average molecular weight is 424 g/mol. The zero-order valence-corrected chi connectivity index (χ0v) is 17.7. The molecule has 30 heavy (non-hydrogen) atoms. The van der Waals surface area contributed by atoms with Gasteiger partial charge in [0.15, 0.2) is 5.25 Å². The molecule has 2 aliphatic heterocycles. The number of nitrogens with zero attached hydrogens (tertiary/aromatic N) is 1. The van der Waals surface area contributed by atoms with E-state index in [1.54, 1.807) is 4.90 Å². The van der Waals surface area contributed by atoms with Crippen LogP contribution < -0.4 is 10.6 Å². The third-order valence-corrected chi connectivity index (χ3v) is 6.95. The van der Waals surface area contributed by atoms with Gasteiger partial charge in [0.2, 0.25) is 17.7 Å². The molecule has 6 nitrogen and oxygen atoms in total. The van der Waals surface area contributed by atoms with Gasteiger partial charge >= 0.3 is 0 Å². The Morgan fingerprint density at radius 1 is 1.10 bits per heavy atom. The Balaban J connectivity index is 1.35. The number of likely N-dealkylation sites (tertiary alicyclic amines) is 1. The molecular formula is C23H25N3O3S. The molecule has 2 heterocycles. The predicted molar refractivity (Wildman–Crippen MR) is 118 cm³/mol. The summed E-state index contributed by atoms with van der Waals surface area (Å²) in [5, 5.41) is 5.09. The summed E-state index contributed by atoms with van der Waals surface area (Å²) in [6.07, 6.45) is 2.05. The van der Waals surface area contributed by atoms with Gasteiger partial charge < -0.3 is 15.5 Å². The van der Waals surface area contributed by atoms with E-state index in [-0.39, 0.29) is 23.6 Å². The first-order valence-electron chi connectivity index (χ1n) is 10.3. The molecule has 0 bridgehead atoms. The fourth-order valence-corrected chi connectivity index (χ4v) is 5.00. The molecule has 0 unspecified atom stereocenters. The van der Waals surface area contributed by atoms with E-state index in [1.165, 1.54) is 11.8 Å². The molecule has 0 saturated carbocycles. The molecule has 0 aromatic heterocycles. The van der Waals surface area contributed by atoms with Crippen LogP contribution in [0.4, 0.5) is 11.4 Å². The molecule has 1 saturated heterocycles. The van der Waals surface area contributed by atoms with Crippen molar-refractivity contribution in [1.82, 2.24) is 4.90 Å². The lowest BCUT2D eigenvalue weighted by molar-refractivity contribution is -0.136. The predicted octanol–water partition coefficient (Wildman–Crippen LogP) is 3.54. The van der Waals surface area contributed by atoms with Crippen LogP contribution in [-0.4, -0.2) is 41.0 Å². The summed E-state index contributed by atoms with van der Waals surface area (Å²) < 4.78 is 0. The van der Waals surface area contributed by atoms with Gasteiger partial charge in [-0.25, -0.2) is 0 Å². The monoisotopic (exact) mass is 423 g/mol. The van der Waals surface area contributed by atoms with Crippen LogP contribution in [-0.2, 0) is 20.8 Å². The van der Waals surface area contributed by atoms with E-state index >= 15 is 0 Å². The maximum absolute atomic E-state index is 13.0. The lowest BCUT2D eigenvalue weighted by Gasteiger charge is -2.34. The average Bonchev–Trinajstić information content (AvgIpc) is 2.78. The smallest absolute Gasteiger partial charge is 0.247 e. The number of hydrogen-bond donors (Lipinski definition) is 2. The van der Waals surface area contributed by atoms with Crippen LogP contribution in [0.2, 0.25) is 0 Å². The van der Waals surface area contributed by atoms with Gasteiger partial charge in [0, 0.05) is 29.6 Å². The molecule has 0 aliphatic carbocycles. The molecule has 3 amide bonds. The Hall–Kier alpha value is -2.80. The number of thioether (sulfide) groups is 1. The van der Waals surface area contributed by atoms with Gasteiger partial charge in [-0.2, -0.15) is 0 Å². The first-order chi connectivity index (χ1) is 14.6. The maximum atomic E-state index is 13.0. The number of anilines is 2. The van der Waals surface area contributed by atoms with E-state index in [4.69, 9.17) is 0 Å². The van der Waals surface area contributed by atoms with Crippen LogP contribution in [0.3, 0.4) is 0 Å². The minimum Gasteiger partial charge on any atom is -0.341 e. The zero-order chi connectivity index (χ0) is 21.1. The van der Waals surface area contributed by atoms with E-state index in [0.717, 1.165) is 28.3 Å². The van der Waals surface area contributed by atoms with Gasteiger partial charge in [0.25, 0.3) is 0 Å². The van der Waals surface area contributed by atoms with Crippen molar-refractivity contribution in [3.05, 3.63) is 54.1 Å². The van der Waals surface area contributed by atoms with Crippen molar-refractivity contribution >= 4 is 40.9 Å². The second kappa shape index (κ2) is 8.92. The summed E-state index contributed by atoms with van der Waals surface area (Å²) >= 11 is 1.30. The first-order valence-corrected chi connectivity index (χ1v) is 11.2. The lowest BCUT2D eigenvalue weighted by atomic mass is 9.95. The second-order valence-electron chi connectivity index (χ2n) is 7.58. The van der Waals surface area contributed by atoms with Crippen LogP contribution in [0.25, 0.3) is 0 Å². The number of nitrogens with one attached hydrogen (secondary N) is 2. The fraction of sp³-hybridized carbons (Fsp3) is 0.348. The number of benzene rings is 2. The van der Waals surface area contributed by atoms with E-state index in [1.807, 2.05) is 48.5 Å². The summed E-state index contributed by atoms with van der Waals surface area (Å²) in [5.41, 5.74) is 2.72. The molecule has 2 aliphatic rings. The van der Waals surface area contributed by atoms with E-state index in [2.05, 4.69) is 17.6 Å². The summed E-state index contributed by atoms with van der Waals surface area (Å²) in [5.74, 6) is -0.587. The fourth-order valence-electron chi connectivity index (χ4n) is 3.93. The highest BCUT2D eigenvalue weighted by molar-refractivity contribution is 8.01. The Labute approximate surface area is 180 Å². The van der Waals surface area contributed by atoms with Crippen LogP contribution in [0.5, 0.6) is 0 Å². The molecule has 2 aromatic rings. The minimum absolute atomic E-state index is 0.00158. The number of carbonyl (C=O) groups excluding carboxylic acids is 3. The molecule has 0 radical (unpaired) electrons. The van der Waals surface area contributed by atoms with Gasteiger partial charge in [0.05, 0.1) is 5.69 Å². The van der Waals surface area contributed by atoms with Crippen LogP contribution in [0.15, 0.2) is 53.4 Å². The number of piperidine rings is 1. The van der Waals surface area contributed by atoms with Gasteiger partial charge in [-0.15, -0.1) is 11.8 Å². The minimum atomic E-state index is -0.776. The third-order valence-electron chi connectivity index (χ3n) is 5.69. The topological polar surface area (TPSA) is 78.5 Å². The molecule has 0 spiro atoms. The number of para-hydroxylation sites is 2. The van der Waals surface area contributed by atoms with Crippen molar-refractivity contribution in [3.63, 3.8) is 0 Å². The molecule has 156 valence electrons. The number of fused-ring (bicyclic) bond motifs is 1.